The van der Waals surface area contributed by atoms with Crippen molar-refractivity contribution in [2.75, 3.05) is 18.5 Å². The summed E-state index contributed by atoms with van der Waals surface area (Å²) in [5.74, 6) is -1.63. The van der Waals surface area contributed by atoms with Gasteiger partial charge < -0.3 is 14.8 Å². The average molecular weight is 719 g/mol. The molecular weight excluding hydrogens is 702 g/mol. The highest BCUT2D eigenvalue weighted by Gasteiger charge is 2.48. The third kappa shape index (κ3) is 8.13. The molecule has 0 amide bonds. The van der Waals surface area contributed by atoms with Crippen molar-refractivity contribution in [1.29, 1.82) is 0 Å². The lowest BCUT2D eigenvalue weighted by Crippen LogP contribution is -2.33. The lowest BCUT2D eigenvalue weighted by Gasteiger charge is -2.21. The van der Waals surface area contributed by atoms with Crippen molar-refractivity contribution in [1.82, 2.24) is 0 Å². The third-order valence-corrected chi connectivity index (χ3v) is 8.78. The molecule has 47 heavy (non-hydrogen) atoms. The molecule has 3 aromatic carbocycles. The Labute approximate surface area is 257 Å². The Balaban J connectivity index is 1.99. The summed E-state index contributed by atoms with van der Waals surface area (Å²) in [5, 5.41) is 36.7. The fourth-order valence-electron chi connectivity index (χ4n) is 3.53. The topological polar surface area (TPSA) is 228 Å². The normalized spacial score (nSPS) is 13.0. The second-order valence-electron chi connectivity index (χ2n) is 8.91. The summed E-state index contributed by atoms with van der Waals surface area (Å²) in [5.41, 5.74) is -14.3. The molecule has 0 saturated carbocycles. The van der Waals surface area contributed by atoms with E-state index >= 15 is 0 Å². The Kier molecular flexibility index (Phi) is 10.2. The Bertz CT molecular complexity index is 1920. The molecule has 1 unspecified atom stereocenters. The van der Waals surface area contributed by atoms with Gasteiger partial charge in [-0.25, -0.2) is 16.8 Å². The largest absolute Gasteiger partial charge is 0.501 e. The average Bonchev–Trinajstić information content (AvgIpc) is 2.97. The number of nitro benzene ring substituents is 3. The molecule has 254 valence electrons. The Morgan fingerprint density at radius 1 is 0.681 bits per heavy atom. The maximum atomic E-state index is 13.0. The van der Waals surface area contributed by atoms with E-state index in [-0.39, 0.29) is 23.5 Å². The molecule has 3 rings (SSSR count). The van der Waals surface area contributed by atoms with E-state index in [1.165, 1.54) is 12.1 Å². The number of nitro groups is 3. The van der Waals surface area contributed by atoms with Gasteiger partial charge in [-0.3, -0.25) is 30.3 Å². The van der Waals surface area contributed by atoms with Crippen LogP contribution in [0.4, 0.5) is 49.1 Å². The molecule has 0 bridgehead atoms. The minimum atomic E-state index is -6.04. The number of halogens is 6. The van der Waals surface area contributed by atoms with E-state index in [9.17, 15) is 73.5 Å². The Morgan fingerprint density at radius 3 is 1.55 bits per heavy atom. The number of alkyl halides is 6. The molecule has 16 nitrogen and oxygen atoms in total. The maximum absolute atomic E-state index is 13.0. The first-order chi connectivity index (χ1) is 21.6. The summed E-state index contributed by atoms with van der Waals surface area (Å²) in [6.07, 6.45) is -1.54. The lowest BCUT2D eigenvalue weighted by atomic mass is 10.2. The lowest BCUT2D eigenvalue weighted by molar-refractivity contribution is -0.386. The highest BCUT2D eigenvalue weighted by molar-refractivity contribution is 7.92. The van der Waals surface area contributed by atoms with E-state index in [1.807, 2.05) is 0 Å². The number of nitrogens with one attached hydrogen (secondary N) is 1. The van der Waals surface area contributed by atoms with Gasteiger partial charge in [0.1, 0.15) is 6.61 Å². The van der Waals surface area contributed by atoms with Crippen LogP contribution in [0.3, 0.4) is 0 Å². The first kappa shape index (κ1) is 36.2. The van der Waals surface area contributed by atoms with Gasteiger partial charge >= 0.3 is 22.4 Å². The van der Waals surface area contributed by atoms with Crippen LogP contribution < -0.4 is 14.8 Å². The van der Waals surface area contributed by atoms with Crippen LogP contribution in [0.1, 0.15) is 0 Å². The van der Waals surface area contributed by atoms with Crippen LogP contribution >= 0.6 is 0 Å². The van der Waals surface area contributed by atoms with Gasteiger partial charge in [-0.05, 0) is 36.4 Å². The van der Waals surface area contributed by atoms with Gasteiger partial charge in [-0.1, -0.05) is 0 Å². The van der Waals surface area contributed by atoms with E-state index in [4.69, 9.17) is 9.47 Å². The number of ether oxygens (including phenoxy) is 2. The van der Waals surface area contributed by atoms with Crippen molar-refractivity contribution >= 4 is 42.4 Å². The minimum Gasteiger partial charge on any atom is -0.483 e. The second kappa shape index (κ2) is 13.2. The standard InChI is InChI=1S/C23H16F6N4O12S2/c24-22(25,26)46(40,41)16-5-7-20(18(9-16)32(36)37)44-12-15(11-30-13-1-3-14(4-2-13)31(34)35)45-21-8-6-17(10-19(21)33(38)39)47(42,43)23(27,28)29/h1-10,15,30H,11-12H2. The number of benzene rings is 3. The first-order valence-corrected chi connectivity index (χ1v) is 15.0. The molecule has 1 N–H and O–H groups in total. The van der Waals surface area contributed by atoms with E-state index < -0.39 is 97.4 Å². The highest BCUT2D eigenvalue weighted by atomic mass is 32.2. The van der Waals surface area contributed by atoms with E-state index in [1.54, 1.807) is 0 Å². The van der Waals surface area contributed by atoms with Crippen LogP contribution in [0.2, 0.25) is 0 Å². The van der Waals surface area contributed by atoms with Crippen LogP contribution in [0.15, 0.2) is 70.5 Å². The number of hydrogen-bond donors (Lipinski definition) is 1. The number of anilines is 1. The summed E-state index contributed by atoms with van der Waals surface area (Å²) in [4.78, 5) is 27.8. The van der Waals surface area contributed by atoms with Crippen LogP contribution in [-0.4, -0.2) is 61.9 Å². The van der Waals surface area contributed by atoms with E-state index in [2.05, 4.69) is 5.32 Å². The molecule has 0 aromatic heterocycles. The molecule has 0 aliphatic carbocycles. The van der Waals surface area contributed by atoms with Crippen molar-refractivity contribution in [3.8, 4) is 11.5 Å². The highest BCUT2D eigenvalue weighted by Crippen LogP contribution is 2.38. The number of non-ortho nitro benzene ring substituents is 1. The summed E-state index contributed by atoms with van der Waals surface area (Å²) >= 11 is 0. The number of nitrogens with zero attached hydrogens (tertiary/aromatic N) is 3. The molecule has 0 spiro atoms. The molecule has 1 atom stereocenters. The Hall–Kier alpha value is -5.26. The van der Waals surface area contributed by atoms with Gasteiger partial charge in [0.25, 0.3) is 25.4 Å². The first-order valence-electron chi connectivity index (χ1n) is 12.0. The smallest absolute Gasteiger partial charge is 0.483 e. The van der Waals surface area contributed by atoms with Gasteiger partial charge in [0.15, 0.2) is 17.6 Å². The van der Waals surface area contributed by atoms with Gasteiger partial charge in [0, 0.05) is 30.0 Å². The van der Waals surface area contributed by atoms with Gasteiger partial charge in [-0.2, -0.15) is 26.3 Å². The quantitative estimate of drug-likeness (QED) is 0.141. The molecule has 3 aromatic rings. The van der Waals surface area contributed by atoms with Crippen molar-refractivity contribution in [3.05, 3.63) is 91.0 Å². The van der Waals surface area contributed by atoms with Crippen molar-refractivity contribution in [3.63, 3.8) is 0 Å². The zero-order chi connectivity index (χ0) is 35.5. The molecule has 0 aliphatic rings. The van der Waals surface area contributed by atoms with Crippen molar-refractivity contribution < 1.29 is 67.4 Å². The third-order valence-electron chi connectivity index (χ3n) is 5.81. The monoisotopic (exact) mass is 718 g/mol. The van der Waals surface area contributed by atoms with Gasteiger partial charge in [0.2, 0.25) is 0 Å². The van der Waals surface area contributed by atoms with E-state index in [0.717, 1.165) is 12.1 Å². The number of hydrogen-bond acceptors (Lipinski definition) is 13. The van der Waals surface area contributed by atoms with Crippen LogP contribution in [-0.2, 0) is 19.7 Å². The van der Waals surface area contributed by atoms with Crippen LogP contribution in [0.25, 0.3) is 0 Å². The molecule has 0 heterocycles. The predicted molar refractivity (Wildman–Crippen MR) is 144 cm³/mol. The molecule has 0 saturated heterocycles. The number of rotatable bonds is 13. The Morgan fingerprint density at radius 2 is 1.13 bits per heavy atom. The second-order valence-corrected chi connectivity index (χ2v) is 12.8. The van der Waals surface area contributed by atoms with Gasteiger partial charge in [0.05, 0.1) is 31.1 Å². The van der Waals surface area contributed by atoms with Crippen molar-refractivity contribution in [2.24, 2.45) is 0 Å². The summed E-state index contributed by atoms with van der Waals surface area (Å²) in [7, 11) is -12.1. The maximum Gasteiger partial charge on any atom is 0.501 e. The summed E-state index contributed by atoms with van der Waals surface area (Å²) in [6.45, 7) is -1.35. The summed E-state index contributed by atoms with van der Waals surface area (Å²) < 4.78 is 136. The number of sulfone groups is 2. The molecular formula is C23H16F6N4O12S2. The molecule has 0 radical (unpaired) electrons. The van der Waals surface area contributed by atoms with Crippen LogP contribution in [0.5, 0.6) is 11.5 Å². The molecule has 24 heteroatoms. The zero-order valence-corrected chi connectivity index (χ0v) is 24.2. The van der Waals surface area contributed by atoms with Gasteiger partial charge in [-0.15, -0.1) is 0 Å². The summed E-state index contributed by atoms with van der Waals surface area (Å²) in [6, 6.07) is 6.39. The minimum absolute atomic E-state index is 0.0600. The zero-order valence-electron chi connectivity index (χ0n) is 22.6. The fraction of sp³-hybridized carbons (Fsp3) is 0.217. The fourth-order valence-corrected chi connectivity index (χ4v) is 5.10. The molecule has 0 fully saturated rings. The SMILES string of the molecule is O=[N+]([O-])c1ccc(NCC(COc2ccc(S(=O)(=O)C(F)(F)F)cc2[N+](=O)[O-])Oc2ccc(S(=O)(=O)C(F)(F)F)cc2[N+](=O)[O-])cc1. The molecule has 0 aliphatic heterocycles. The van der Waals surface area contributed by atoms with Crippen molar-refractivity contribution in [2.45, 2.75) is 26.9 Å². The van der Waals surface area contributed by atoms with Crippen LogP contribution in [0, 0.1) is 30.3 Å². The predicted octanol–water partition coefficient (Wildman–Crippen LogP) is 4.94. The van der Waals surface area contributed by atoms with E-state index in [0.29, 0.717) is 24.3 Å².